The lowest BCUT2D eigenvalue weighted by atomic mass is 10.1. The highest BCUT2D eigenvalue weighted by Gasteiger charge is 2.15. The first-order valence-corrected chi connectivity index (χ1v) is 9.23. The molecule has 0 amide bonds. The van der Waals surface area contributed by atoms with Crippen molar-refractivity contribution in [1.29, 1.82) is 0 Å². The van der Waals surface area contributed by atoms with Gasteiger partial charge in [-0.1, -0.05) is 17.3 Å². The molecule has 2 aromatic carbocycles. The van der Waals surface area contributed by atoms with E-state index in [4.69, 9.17) is 19.0 Å². The Balaban J connectivity index is 1.73. The molecule has 0 bridgehead atoms. The number of rotatable bonds is 6. The van der Waals surface area contributed by atoms with Crippen LogP contribution in [0.1, 0.15) is 17.0 Å². The highest BCUT2D eigenvalue weighted by atomic mass is 16.5. The zero-order chi connectivity index (χ0) is 20.4. The van der Waals surface area contributed by atoms with E-state index < -0.39 is 0 Å². The smallest absolute Gasteiger partial charge is 0.223 e. The van der Waals surface area contributed by atoms with Gasteiger partial charge in [0.15, 0.2) is 0 Å². The van der Waals surface area contributed by atoms with E-state index >= 15 is 0 Å². The first kappa shape index (κ1) is 18.7. The average Bonchev–Trinajstić information content (AvgIpc) is 3.17. The Labute approximate surface area is 168 Å². The van der Waals surface area contributed by atoms with Crippen LogP contribution in [0.15, 0.2) is 47.0 Å². The largest absolute Gasteiger partial charge is 0.497 e. The number of hydrogen-bond acceptors (Lipinski definition) is 7. The van der Waals surface area contributed by atoms with Crippen molar-refractivity contribution in [2.75, 3.05) is 19.5 Å². The highest BCUT2D eigenvalue weighted by molar-refractivity contribution is 5.88. The number of fused-ring (bicyclic) bond motifs is 1. The summed E-state index contributed by atoms with van der Waals surface area (Å²) in [6.45, 7) is 4.35. The quantitative estimate of drug-likeness (QED) is 0.518. The Hall–Kier alpha value is -3.61. The van der Waals surface area contributed by atoms with Crippen LogP contribution in [-0.2, 0) is 6.54 Å². The molecule has 7 heteroatoms. The Morgan fingerprint density at radius 1 is 0.931 bits per heavy atom. The molecule has 0 atom stereocenters. The topological polar surface area (TPSA) is 82.3 Å². The van der Waals surface area contributed by atoms with Crippen molar-refractivity contribution >= 4 is 16.7 Å². The second-order valence-electron chi connectivity index (χ2n) is 6.79. The van der Waals surface area contributed by atoms with E-state index in [1.165, 1.54) is 0 Å². The molecule has 0 saturated carbocycles. The van der Waals surface area contributed by atoms with Crippen LogP contribution in [0.3, 0.4) is 0 Å². The molecule has 4 aromatic rings. The van der Waals surface area contributed by atoms with E-state index in [1.807, 2.05) is 37.3 Å². The number of pyridine rings is 1. The summed E-state index contributed by atoms with van der Waals surface area (Å²) in [5.41, 5.74) is 3.84. The summed E-state index contributed by atoms with van der Waals surface area (Å²) >= 11 is 0. The van der Waals surface area contributed by atoms with E-state index in [9.17, 15) is 0 Å². The molecule has 0 unspecified atom stereocenters. The molecule has 0 aliphatic heterocycles. The van der Waals surface area contributed by atoms with Crippen LogP contribution in [0.5, 0.6) is 11.5 Å². The summed E-state index contributed by atoms with van der Waals surface area (Å²) in [5.74, 6) is 3.16. The van der Waals surface area contributed by atoms with Gasteiger partial charge >= 0.3 is 0 Å². The molecule has 0 spiro atoms. The fourth-order valence-corrected chi connectivity index (χ4v) is 3.15. The fourth-order valence-electron chi connectivity index (χ4n) is 3.15. The van der Waals surface area contributed by atoms with E-state index in [0.717, 1.165) is 39.1 Å². The minimum atomic E-state index is 0.503. The monoisotopic (exact) mass is 390 g/mol. The minimum Gasteiger partial charge on any atom is -0.497 e. The summed E-state index contributed by atoms with van der Waals surface area (Å²) in [6, 6.07) is 13.9. The molecule has 0 fully saturated rings. The van der Waals surface area contributed by atoms with Crippen molar-refractivity contribution in [3.05, 3.63) is 59.5 Å². The average molecular weight is 390 g/mol. The SMILES string of the molecule is COc1cc(CNc2nc3cc(C)ccc3cc2-c2noc(C)n2)cc(OC)c1. The second-order valence-corrected chi connectivity index (χ2v) is 6.79. The number of hydrogen-bond donors (Lipinski definition) is 1. The molecular formula is C22H22N4O3. The molecule has 2 heterocycles. The van der Waals surface area contributed by atoms with Gasteiger partial charge in [-0.2, -0.15) is 4.98 Å². The number of ether oxygens (including phenoxy) is 2. The van der Waals surface area contributed by atoms with Crippen LogP contribution in [0, 0.1) is 13.8 Å². The van der Waals surface area contributed by atoms with E-state index in [-0.39, 0.29) is 0 Å². The number of anilines is 1. The number of aryl methyl sites for hydroxylation is 2. The lowest BCUT2D eigenvalue weighted by molar-refractivity contribution is 0.393. The number of nitrogens with one attached hydrogen (secondary N) is 1. The molecule has 148 valence electrons. The minimum absolute atomic E-state index is 0.503. The Bertz CT molecular complexity index is 1150. The van der Waals surface area contributed by atoms with Crippen LogP contribution in [-0.4, -0.2) is 29.3 Å². The number of methoxy groups -OCH3 is 2. The van der Waals surface area contributed by atoms with Gasteiger partial charge in [0.25, 0.3) is 0 Å². The Morgan fingerprint density at radius 2 is 1.69 bits per heavy atom. The van der Waals surface area contributed by atoms with Gasteiger partial charge in [-0.05, 0) is 42.3 Å². The maximum atomic E-state index is 5.36. The van der Waals surface area contributed by atoms with Crippen LogP contribution < -0.4 is 14.8 Å². The molecule has 0 radical (unpaired) electrons. The first-order valence-electron chi connectivity index (χ1n) is 9.23. The van der Waals surface area contributed by atoms with Gasteiger partial charge in [0.1, 0.15) is 17.3 Å². The summed E-state index contributed by atoms with van der Waals surface area (Å²) < 4.78 is 15.9. The highest BCUT2D eigenvalue weighted by Crippen LogP contribution is 2.30. The molecule has 0 saturated heterocycles. The van der Waals surface area contributed by atoms with Crippen LogP contribution in [0.2, 0.25) is 0 Å². The van der Waals surface area contributed by atoms with Crippen molar-refractivity contribution < 1.29 is 14.0 Å². The summed E-state index contributed by atoms with van der Waals surface area (Å²) in [7, 11) is 3.27. The second kappa shape index (κ2) is 7.79. The predicted molar refractivity (Wildman–Crippen MR) is 111 cm³/mol. The van der Waals surface area contributed by atoms with Gasteiger partial charge in [0.2, 0.25) is 11.7 Å². The van der Waals surface area contributed by atoms with E-state index in [2.05, 4.69) is 27.6 Å². The molecular weight excluding hydrogens is 368 g/mol. The Morgan fingerprint density at radius 3 is 2.34 bits per heavy atom. The lowest BCUT2D eigenvalue weighted by Crippen LogP contribution is -2.05. The third kappa shape index (κ3) is 3.99. The van der Waals surface area contributed by atoms with Gasteiger partial charge in [0.05, 0.1) is 25.3 Å². The van der Waals surface area contributed by atoms with Crippen molar-refractivity contribution in [2.24, 2.45) is 0 Å². The molecule has 7 nitrogen and oxygen atoms in total. The predicted octanol–water partition coefficient (Wildman–Crippen LogP) is 4.53. The number of nitrogens with zero attached hydrogens (tertiary/aromatic N) is 3. The summed E-state index contributed by atoms with van der Waals surface area (Å²) in [6.07, 6.45) is 0. The standard InChI is InChI=1S/C22H22N4O3/c1-13-5-6-16-10-19(22-24-14(2)29-26-22)21(25-20(16)7-13)23-12-15-8-17(27-3)11-18(9-15)28-4/h5-11H,12H2,1-4H3,(H,23,25). The maximum Gasteiger partial charge on any atom is 0.223 e. The normalized spacial score (nSPS) is 10.9. The molecule has 0 aliphatic rings. The van der Waals surface area contributed by atoms with Crippen LogP contribution >= 0.6 is 0 Å². The number of aromatic nitrogens is 3. The zero-order valence-electron chi connectivity index (χ0n) is 16.8. The molecule has 1 N–H and O–H groups in total. The molecule has 4 rings (SSSR count). The fraction of sp³-hybridized carbons (Fsp3) is 0.227. The first-order chi connectivity index (χ1) is 14.1. The molecule has 2 aromatic heterocycles. The van der Waals surface area contributed by atoms with Gasteiger partial charge in [0, 0.05) is 24.9 Å². The van der Waals surface area contributed by atoms with Gasteiger partial charge < -0.3 is 19.3 Å². The van der Waals surface area contributed by atoms with Crippen LogP contribution in [0.25, 0.3) is 22.3 Å². The molecule has 29 heavy (non-hydrogen) atoms. The summed E-state index contributed by atoms with van der Waals surface area (Å²) in [4.78, 5) is 9.20. The van der Waals surface area contributed by atoms with E-state index in [1.54, 1.807) is 21.1 Å². The van der Waals surface area contributed by atoms with Crippen LogP contribution in [0.4, 0.5) is 5.82 Å². The van der Waals surface area contributed by atoms with Gasteiger partial charge in [-0.3, -0.25) is 0 Å². The molecule has 0 aliphatic carbocycles. The van der Waals surface area contributed by atoms with Gasteiger partial charge in [-0.15, -0.1) is 0 Å². The number of benzene rings is 2. The van der Waals surface area contributed by atoms with Crippen molar-refractivity contribution in [3.63, 3.8) is 0 Å². The maximum absolute atomic E-state index is 5.36. The Kier molecular flexibility index (Phi) is 5.03. The van der Waals surface area contributed by atoms with Gasteiger partial charge in [-0.25, -0.2) is 4.98 Å². The van der Waals surface area contributed by atoms with Crippen molar-refractivity contribution in [3.8, 4) is 22.9 Å². The van der Waals surface area contributed by atoms with Crippen molar-refractivity contribution in [1.82, 2.24) is 15.1 Å². The third-order valence-corrected chi connectivity index (χ3v) is 4.61. The van der Waals surface area contributed by atoms with Crippen molar-refractivity contribution in [2.45, 2.75) is 20.4 Å². The van der Waals surface area contributed by atoms with E-state index in [0.29, 0.717) is 24.1 Å². The zero-order valence-corrected chi connectivity index (χ0v) is 16.8. The lowest BCUT2D eigenvalue weighted by Gasteiger charge is -2.13. The third-order valence-electron chi connectivity index (χ3n) is 4.61. The summed E-state index contributed by atoms with van der Waals surface area (Å²) in [5, 5.41) is 8.50.